The number of carbonyl (C=O) groups excluding carboxylic acids is 4. The van der Waals surface area contributed by atoms with Gasteiger partial charge in [-0.1, -0.05) is 68.8 Å². The second kappa shape index (κ2) is 25.9. The number of benzene rings is 2. The minimum Gasteiger partial charge on any atom is -0.487 e. The van der Waals surface area contributed by atoms with Crippen LogP contribution in [0, 0.1) is 23.6 Å². The standard InChI is InChI=1S/C52H64ClFN8O8S2/c1-34-45(72-33-58-34)36-15-13-35(14-16-36)31-57-47(64)40-10-7-23-62(40)48(65)46(51(2,3)4)61-43(63)32-69-28-27-68-26-25-67-24-21-55-49(66)52(30-37-8-5-12-42(59-37)60-50-56-22-29-71-50)19-17-38(18-20-52)70-41-11-6-9-39(53)44(41)54/h5-6,8-9,11-16,22,29,33,38,40,46H,7,10,17-21,23-28,30-32H2,1-4H3,(H,55,66)(H,57,64)(H,61,63)(H,56,59,60)/t38?,40-,46+,52?/m0/s1. The molecule has 7 rings (SSSR count). The molecule has 2 aromatic carbocycles. The Balaban J connectivity index is 0.793. The van der Waals surface area contributed by atoms with Crippen LogP contribution in [0.4, 0.5) is 15.3 Å². The summed E-state index contributed by atoms with van der Waals surface area (Å²) in [5.74, 6) is -0.972. The van der Waals surface area contributed by atoms with Crippen molar-refractivity contribution in [3.63, 3.8) is 0 Å². The number of pyridine rings is 1. The molecular formula is C52H64ClFN8O8S2. The van der Waals surface area contributed by atoms with Crippen LogP contribution in [0.1, 0.15) is 76.2 Å². The zero-order valence-electron chi connectivity index (χ0n) is 41.2. The average Bonchev–Trinajstić information content (AvgIpc) is 4.17. The highest BCUT2D eigenvalue weighted by Crippen LogP contribution is 2.41. The van der Waals surface area contributed by atoms with Crippen molar-refractivity contribution in [3.8, 4) is 16.2 Å². The molecule has 72 heavy (non-hydrogen) atoms. The smallest absolute Gasteiger partial charge is 0.246 e. The molecule has 5 aromatic rings. The number of amides is 4. The maximum Gasteiger partial charge on any atom is 0.246 e. The highest BCUT2D eigenvalue weighted by Gasteiger charge is 2.44. The Hall–Kier alpha value is -5.57. The second-order valence-corrected chi connectivity index (χ2v) is 21.2. The number of carbonyl (C=O) groups is 4. The quantitative estimate of drug-likeness (QED) is 0.0435. The van der Waals surface area contributed by atoms with E-state index in [4.69, 9.17) is 35.5 Å². The molecule has 0 spiro atoms. The lowest BCUT2D eigenvalue weighted by Gasteiger charge is -2.39. The van der Waals surface area contributed by atoms with Gasteiger partial charge in [0.25, 0.3) is 0 Å². The van der Waals surface area contributed by atoms with Crippen molar-refractivity contribution < 1.29 is 42.5 Å². The lowest BCUT2D eigenvalue weighted by Crippen LogP contribution is -2.58. The monoisotopic (exact) mass is 1050 g/mol. The Kier molecular flexibility index (Phi) is 19.5. The van der Waals surface area contributed by atoms with Gasteiger partial charge in [-0.3, -0.25) is 19.2 Å². The zero-order valence-corrected chi connectivity index (χ0v) is 43.6. The van der Waals surface area contributed by atoms with E-state index >= 15 is 0 Å². The Morgan fingerprint density at radius 1 is 0.903 bits per heavy atom. The van der Waals surface area contributed by atoms with E-state index in [1.165, 1.54) is 17.4 Å². The Labute approximate surface area is 433 Å². The molecule has 1 aliphatic heterocycles. The molecule has 0 unspecified atom stereocenters. The first-order valence-corrected chi connectivity index (χ1v) is 26.4. The first-order valence-electron chi connectivity index (χ1n) is 24.3. The fourth-order valence-corrected chi connectivity index (χ4v) is 10.4. The van der Waals surface area contributed by atoms with E-state index in [0.717, 1.165) is 27.4 Å². The number of nitrogens with zero attached hydrogens (tertiary/aromatic N) is 4. The van der Waals surface area contributed by atoms with Crippen LogP contribution in [0.25, 0.3) is 10.4 Å². The number of anilines is 2. The van der Waals surface area contributed by atoms with Gasteiger partial charge in [0.1, 0.15) is 24.5 Å². The van der Waals surface area contributed by atoms with Crippen molar-refractivity contribution in [2.24, 2.45) is 10.8 Å². The molecule has 386 valence electrons. The van der Waals surface area contributed by atoms with Gasteiger partial charge >= 0.3 is 0 Å². The predicted octanol–water partition coefficient (Wildman–Crippen LogP) is 8.06. The first kappa shape index (κ1) is 54.2. The molecule has 2 fully saturated rings. The van der Waals surface area contributed by atoms with Crippen LogP contribution < -0.4 is 26.0 Å². The van der Waals surface area contributed by atoms with E-state index in [9.17, 15) is 23.6 Å². The molecule has 0 radical (unpaired) electrons. The maximum atomic E-state index is 14.7. The molecule has 16 nitrogen and oxygen atoms in total. The van der Waals surface area contributed by atoms with Crippen molar-refractivity contribution >= 4 is 68.9 Å². The van der Waals surface area contributed by atoms with E-state index < -0.39 is 34.6 Å². The molecule has 3 aromatic heterocycles. The van der Waals surface area contributed by atoms with Gasteiger partial charge in [-0.05, 0) is 86.3 Å². The van der Waals surface area contributed by atoms with Crippen LogP contribution in [0.3, 0.4) is 0 Å². The number of aromatic nitrogens is 3. The van der Waals surface area contributed by atoms with E-state index in [2.05, 4.69) is 31.2 Å². The number of aryl methyl sites for hydroxylation is 1. The molecular weight excluding hydrogens is 983 g/mol. The maximum absolute atomic E-state index is 14.7. The lowest BCUT2D eigenvalue weighted by atomic mass is 9.69. The summed E-state index contributed by atoms with van der Waals surface area (Å²) in [6, 6.07) is 16.8. The van der Waals surface area contributed by atoms with Crippen molar-refractivity contribution in [3.05, 3.63) is 106 Å². The molecule has 1 saturated carbocycles. The third-order valence-electron chi connectivity index (χ3n) is 12.8. The summed E-state index contributed by atoms with van der Waals surface area (Å²) >= 11 is 9.04. The largest absolute Gasteiger partial charge is 0.487 e. The van der Waals surface area contributed by atoms with Crippen molar-refractivity contribution in [1.82, 2.24) is 35.8 Å². The number of nitrogens with one attached hydrogen (secondary N) is 4. The molecule has 4 N–H and O–H groups in total. The van der Waals surface area contributed by atoms with Crippen LogP contribution in [0.5, 0.6) is 5.75 Å². The van der Waals surface area contributed by atoms with Gasteiger partial charge in [0.05, 0.1) is 65.7 Å². The molecule has 20 heteroatoms. The summed E-state index contributed by atoms with van der Waals surface area (Å²) in [6.45, 7) is 9.50. The third-order valence-corrected chi connectivity index (χ3v) is 14.7. The highest BCUT2D eigenvalue weighted by molar-refractivity contribution is 7.13. The predicted molar refractivity (Wildman–Crippen MR) is 276 cm³/mol. The summed E-state index contributed by atoms with van der Waals surface area (Å²) in [7, 11) is 0. The minimum atomic E-state index is -0.873. The van der Waals surface area contributed by atoms with Crippen molar-refractivity contribution in [2.45, 2.75) is 97.4 Å². The average molecular weight is 1050 g/mol. The number of rotatable bonds is 24. The van der Waals surface area contributed by atoms with E-state index in [1.807, 2.05) is 81.1 Å². The fourth-order valence-electron chi connectivity index (χ4n) is 8.90. The summed E-state index contributed by atoms with van der Waals surface area (Å²) in [5.41, 5.74) is 4.15. The molecule has 2 aliphatic rings. The van der Waals surface area contributed by atoms with Gasteiger partial charge in [0, 0.05) is 43.3 Å². The van der Waals surface area contributed by atoms with Crippen molar-refractivity contribution in [1.29, 1.82) is 0 Å². The van der Waals surface area contributed by atoms with Crippen LogP contribution in [0.15, 0.2) is 77.8 Å². The van der Waals surface area contributed by atoms with Gasteiger partial charge in [-0.15, -0.1) is 22.7 Å². The fraction of sp³-hybridized carbons (Fsp3) is 0.481. The summed E-state index contributed by atoms with van der Waals surface area (Å²) < 4.78 is 37.7. The van der Waals surface area contributed by atoms with E-state index in [1.54, 1.807) is 34.6 Å². The van der Waals surface area contributed by atoms with E-state index in [-0.39, 0.29) is 80.8 Å². The molecule has 0 bridgehead atoms. The Morgan fingerprint density at radius 2 is 1.64 bits per heavy atom. The summed E-state index contributed by atoms with van der Waals surface area (Å²) in [5, 5.41) is 14.7. The highest BCUT2D eigenvalue weighted by atomic mass is 35.5. The van der Waals surface area contributed by atoms with Crippen LogP contribution in [0.2, 0.25) is 5.02 Å². The van der Waals surface area contributed by atoms with Gasteiger partial charge in [-0.2, -0.15) is 0 Å². The van der Waals surface area contributed by atoms with Crippen molar-refractivity contribution in [2.75, 3.05) is 58.0 Å². The SMILES string of the molecule is Cc1ncsc1-c1ccc(CNC(=O)[C@@H]2CCCN2C(=O)[C@@H](NC(=O)COCCOCCOCCNC(=O)C2(Cc3cccc(Nc4nccs4)n3)CCC(Oc3cccc(Cl)c3F)CC2)C(C)(C)C)cc1. The minimum absolute atomic E-state index is 0.00890. The molecule has 1 saturated heterocycles. The van der Waals surface area contributed by atoms with Crippen LogP contribution >= 0.6 is 34.3 Å². The van der Waals surface area contributed by atoms with Gasteiger partial charge in [-0.25, -0.2) is 19.3 Å². The Morgan fingerprint density at radius 3 is 2.35 bits per heavy atom. The normalized spacial score (nSPS) is 18.3. The second-order valence-electron chi connectivity index (χ2n) is 19.1. The lowest BCUT2D eigenvalue weighted by molar-refractivity contribution is -0.144. The Bertz CT molecular complexity index is 2570. The number of hydrogen-bond donors (Lipinski definition) is 4. The number of halogens is 2. The topological polar surface area (TPSA) is 195 Å². The molecule has 1 aliphatic carbocycles. The zero-order chi connectivity index (χ0) is 51.1. The van der Waals surface area contributed by atoms with Gasteiger partial charge < -0.3 is 45.1 Å². The van der Waals surface area contributed by atoms with Gasteiger partial charge in [0.15, 0.2) is 16.7 Å². The summed E-state index contributed by atoms with van der Waals surface area (Å²) in [6.07, 6.45) is 5.09. The first-order chi connectivity index (χ1) is 34.7. The van der Waals surface area contributed by atoms with Gasteiger partial charge in [0.2, 0.25) is 23.6 Å². The number of thiazole rings is 2. The summed E-state index contributed by atoms with van der Waals surface area (Å²) in [4.78, 5) is 70.6. The molecule has 4 heterocycles. The molecule has 2 atom stereocenters. The van der Waals surface area contributed by atoms with Crippen LogP contribution in [-0.2, 0) is 46.4 Å². The van der Waals surface area contributed by atoms with Crippen LogP contribution in [-0.4, -0.2) is 114 Å². The number of likely N-dealkylation sites (tertiary alicyclic amines) is 1. The third kappa shape index (κ3) is 15.0. The van der Waals surface area contributed by atoms with E-state index in [0.29, 0.717) is 69.0 Å². The molecule has 4 amide bonds. The number of hydrogen-bond acceptors (Lipinski definition) is 14. The number of ether oxygens (including phenoxy) is 4.